The molecule has 5 aliphatic rings. The molecule has 336 valence electrons. The maximum absolute atomic E-state index is 13.7. The van der Waals surface area contributed by atoms with Gasteiger partial charge >= 0.3 is 0 Å². The first-order chi connectivity index (χ1) is 30.9. The molecule has 64 heavy (non-hydrogen) atoms. The Kier molecular flexibility index (Phi) is 12.3. The molecule has 4 amide bonds. The Morgan fingerprint density at radius 3 is 2.42 bits per heavy atom. The molecule has 2 aromatic carbocycles. The van der Waals surface area contributed by atoms with Gasteiger partial charge in [-0.2, -0.15) is 4.98 Å². The highest BCUT2D eigenvalue weighted by Gasteiger charge is 2.46. The summed E-state index contributed by atoms with van der Waals surface area (Å²) in [6.45, 7) is 8.72. The second-order valence-corrected chi connectivity index (χ2v) is 18.2. The van der Waals surface area contributed by atoms with Gasteiger partial charge in [0.2, 0.25) is 17.8 Å². The van der Waals surface area contributed by atoms with Crippen LogP contribution in [0.15, 0.2) is 53.5 Å². The van der Waals surface area contributed by atoms with Crippen LogP contribution in [0.4, 0.5) is 17.5 Å². The summed E-state index contributed by atoms with van der Waals surface area (Å²) in [4.78, 5) is 91.7. The van der Waals surface area contributed by atoms with Crippen molar-refractivity contribution in [2.24, 2.45) is 0 Å². The number of Topliss-reactive ketones (excluding diaryl/α,β-unsaturated/α-hetero) is 1. The molecule has 4 aromatic rings. The number of carbonyl (C=O) groups excluding carboxylic acids is 5. The third-order valence-corrected chi connectivity index (χ3v) is 13.7. The van der Waals surface area contributed by atoms with E-state index in [1.54, 1.807) is 29.8 Å². The van der Waals surface area contributed by atoms with Crippen LogP contribution in [0.2, 0.25) is 5.02 Å². The van der Waals surface area contributed by atoms with Crippen LogP contribution in [0.1, 0.15) is 117 Å². The van der Waals surface area contributed by atoms with Gasteiger partial charge in [0.15, 0.2) is 17.4 Å². The van der Waals surface area contributed by atoms with Crippen molar-refractivity contribution < 1.29 is 33.4 Å². The third-order valence-electron chi connectivity index (χ3n) is 13.5. The Hall–Kier alpha value is -5.71. The van der Waals surface area contributed by atoms with Crippen LogP contribution in [-0.2, 0) is 19.1 Å². The lowest BCUT2D eigenvalue weighted by molar-refractivity contribution is -0.136. The summed E-state index contributed by atoms with van der Waals surface area (Å²) in [5.74, 6) is -0.697. The van der Waals surface area contributed by atoms with E-state index in [2.05, 4.69) is 25.4 Å². The van der Waals surface area contributed by atoms with Gasteiger partial charge in [-0.3, -0.25) is 39.0 Å². The van der Waals surface area contributed by atoms with Gasteiger partial charge in [-0.1, -0.05) is 30.7 Å². The zero-order valence-corrected chi connectivity index (χ0v) is 37.1. The van der Waals surface area contributed by atoms with Gasteiger partial charge in [-0.05, 0) is 114 Å². The topological polar surface area (TPSA) is 185 Å². The Labute approximate surface area is 375 Å². The summed E-state index contributed by atoms with van der Waals surface area (Å²) in [5, 5.41) is 6.74. The minimum Gasteiger partial charge on any atom is -0.480 e. The van der Waals surface area contributed by atoms with Gasteiger partial charge in [0.1, 0.15) is 17.7 Å². The number of ether oxygens (including phenoxy) is 2. The maximum atomic E-state index is 13.7. The summed E-state index contributed by atoms with van der Waals surface area (Å²) < 4.78 is 13.9. The molecule has 3 saturated heterocycles. The van der Waals surface area contributed by atoms with Crippen LogP contribution in [0.25, 0.3) is 10.9 Å². The first-order valence-corrected chi connectivity index (χ1v) is 22.9. The predicted octanol–water partition coefficient (Wildman–Crippen LogP) is 5.92. The predicted molar refractivity (Wildman–Crippen MR) is 240 cm³/mol. The maximum Gasteiger partial charge on any atom is 0.293 e. The van der Waals surface area contributed by atoms with E-state index >= 15 is 0 Å². The molecule has 1 aliphatic carbocycles. The van der Waals surface area contributed by atoms with Crippen LogP contribution in [0.5, 0.6) is 5.75 Å². The number of fused-ring (bicyclic) bond motifs is 2. The van der Waals surface area contributed by atoms with Crippen molar-refractivity contribution in [2.45, 2.75) is 115 Å². The number of likely N-dealkylation sites (tertiary alicyclic amines) is 1. The molecule has 1 unspecified atom stereocenters. The molecule has 2 aromatic heterocycles. The normalized spacial score (nSPS) is 22.2. The average molecular weight is 893 g/mol. The number of aromatic nitrogens is 3. The summed E-state index contributed by atoms with van der Waals surface area (Å²) >= 11 is 6.60. The van der Waals surface area contributed by atoms with Gasteiger partial charge < -0.3 is 29.2 Å². The largest absolute Gasteiger partial charge is 0.480 e. The van der Waals surface area contributed by atoms with E-state index in [1.165, 1.54) is 0 Å². The van der Waals surface area contributed by atoms with E-state index < -0.39 is 29.7 Å². The van der Waals surface area contributed by atoms with Crippen molar-refractivity contribution in [3.63, 3.8) is 0 Å². The summed E-state index contributed by atoms with van der Waals surface area (Å²) in [6.07, 6.45) is 7.90. The number of ketones is 1. The molecule has 1 atom stereocenters. The summed E-state index contributed by atoms with van der Waals surface area (Å²) in [5.41, 5.74) is 2.79. The van der Waals surface area contributed by atoms with Crippen LogP contribution in [0, 0.1) is 0 Å². The molecular formula is C47H53ClN8O8. The smallest absolute Gasteiger partial charge is 0.293 e. The average Bonchev–Trinajstić information content (AvgIpc) is 3.53. The Bertz CT molecular complexity index is 2580. The second-order valence-electron chi connectivity index (χ2n) is 17.8. The van der Waals surface area contributed by atoms with Crippen LogP contribution in [0.3, 0.4) is 0 Å². The van der Waals surface area contributed by atoms with Gasteiger partial charge in [0, 0.05) is 49.1 Å². The highest BCUT2D eigenvalue weighted by Crippen LogP contribution is 2.40. The number of amides is 4. The van der Waals surface area contributed by atoms with Crippen molar-refractivity contribution in [2.75, 3.05) is 43.0 Å². The number of hydrogen-bond donors (Lipinski definition) is 2. The first kappa shape index (κ1) is 43.5. The number of nitrogens with one attached hydrogen (secondary N) is 2. The minimum absolute atomic E-state index is 0.0885. The van der Waals surface area contributed by atoms with Crippen molar-refractivity contribution in [3.05, 3.63) is 80.7 Å². The van der Waals surface area contributed by atoms with E-state index in [9.17, 15) is 28.8 Å². The first-order valence-electron chi connectivity index (χ1n) is 22.5. The minimum atomic E-state index is -0.976. The number of nitrogens with zero attached hydrogens (tertiary/aromatic N) is 6. The summed E-state index contributed by atoms with van der Waals surface area (Å²) in [7, 11) is 0. The number of pyridine rings is 1. The molecule has 6 heterocycles. The Morgan fingerprint density at radius 2 is 1.70 bits per heavy atom. The quantitative estimate of drug-likeness (QED) is 0.151. The molecule has 16 nitrogen and oxygen atoms in total. The van der Waals surface area contributed by atoms with E-state index in [4.69, 9.17) is 26.1 Å². The van der Waals surface area contributed by atoms with Crippen molar-refractivity contribution in [3.8, 4) is 5.75 Å². The van der Waals surface area contributed by atoms with Crippen LogP contribution >= 0.6 is 11.6 Å². The Balaban J connectivity index is 0.757. The van der Waals surface area contributed by atoms with E-state index in [0.29, 0.717) is 46.1 Å². The van der Waals surface area contributed by atoms with Crippen LogP contribution in [-0.4, -0.2) is 111 Å². The second kappa shape index (κ2) is 18.0. The molecule has 1 saturated carbocycles. The van der Waals surface area contributed by atoms with Crippen molar-refractivity contribution in [1.82, 2.24) is 29.7 Å². The summed E-state index contributed by atoms with van der Waals surface area (Å²) in [6, 6.07) is 12.1. The lowest BCUT2D eigenvalue weighted by Crippen LogP contribution is -2.54. The number of carbonyl (C=O) groups is 5. The molecule has 9 rings (SSSR count). The highest BCUT2D eigenvalue weighted by molar-refractivity contribution is 6.33. The van der Waals surface area contributed by atoms with E-state index in [0.717, 1.165) is 86.1 Å². The fourth-order valence-corrected chi connectivity index (χ4v) is 10.0. The van der Waals surface area contributed by atoms with Gasteiger partial charge in [-0.15, -0.1) is 0 Å². The molecule has 17 heteroatoms. The number of rotatable bonds is 13. The van der Waals surface area contributed by atoms with Gasteiger partial charge in [0.25, 0.3) is 17.4 Å². The zero-order chi connectivity index (χ0) is 44.8. The SMILES string of the molecule is CCC(=O)COc1cc2cc(Nc3nc(N4CCC(OC5CC(N6CCC(c7cccc8c7C(=O)N(C7CCC(=O)NC7=O)C8=O)CC6)C5)CC4)ncc3Cl)ccc2n(C(C)C)c1=O. The lowest BCUT2D eigenvalue weighted by Gasteiger charge is -2.47. The van der Waals surface area contributed by atoms with Gasteiger partial charge in [0.05, 0.1) is 35.0 Å². The fourth-order valence-electron chi connectivity index (χ4n) is 9.88. The standard InChI is InChI=1S/C47H53ClN8O8/c1-4-31(57)25-63-39-21-28-20-29(8-9-37(28)55(26(2)3)45(39)61)50-42-36(48)24-49-47(52-42)54-18-14-32(15-19-54)64-33-22-30(23-33)53-16-12-27(13-17-53)34-6-5-7-35-41(34)46(62)56(44(35)60)38-10-11-40(58)51-43(38)59/h5-9,20-21,24,26-27,30,32-33,38H,4,10-19,22-23,25H2,1-3H3,(H,49,50,52)(H,51,58,59). The Morgan fingerprint density at radius 1 is 0.938 bits per heavy atom. The highest BCUT2D eigenvalue weighted by atomic mass is 35.5. The van der Waals surface area contributed by atoms with Crippen molar-refractivity contribution in [1.29, 1.82) is 0 Å². The molecule has 0 radical (unpaired) electrons. The number of hydrogen-bond acceptors (Lipinski definition) is 13. The van der Waals surface area contributed by atoms with Gasteiger partial charge in [-0.25, -0.2) is 4.98 Å². The molecule has 4 aliphatic heterocycles. The molecule has 0 bridgehead atoms. The number of imide groups is 2. The molecule has 0 spiro atoms. The molecule has 2 N–H and O–H groups in total. The zero-order valence-electron chi connectivity index (χ0n) is 36.3. The lowest BCUT2D eigenvalue weighted by atomic mass is 9.82. The number of anilines is 3. The number of halogens is 1. The fraction of sp³-hybridized carbons (Fsp3) is 0.489. The van der Waals surface area contributed by atoms with Crippen LogP contribution < -0.4 is 25.8 Å². The van der Waals surface area contributed by atoms with E-state index in [1.807, 2.05) is 44.2 Å². The van der Waals surface area contributed by atoms with E-state index in [-0.39, 0.29) is 60.7 Å². The number of piperidine rings is 3. The number of benzene rings is 2. The van der Waals surface area contributed by atoms with Crippen molar-refractivity contribution >= 4 is 69.4 Å². The molecular weight excluding hydrogens is 840 g/mol. The molecule has 4 fully saturated rings. The monoisotopic (exact) mass is 892 g/mol. The third kappa shape index (κ3) is 8.50.